The molecule has 1 unspecified atom stereocenters. The number of rotatable bonds is 5. The SMILES string of the molecule is CCOC1CCCN(c2cnc(CNC(C)(C)C)cn2)C1. The number of hydrogen-bond acceptors (Lipinski definition) is 5. The van der Waals surface area contributed by atoms with Gasteiger partial charge < -0.3 is 15.0 Å². The summed E-state index contributed by atoms with van der Waals surface area (Å²) in [5.41, 5.74) is 1.07. The molecule has 1 aromatic rings. The highest BCUT2D eigenvalue weighted by atomic mass is 16.5. The van der Waals surface area contributed by atoms with Crippen LogP contribution in [0.5, 0.6) is 0 Å². The molecule has 0 radical (unpaired) electrons. The summed E-state index contributed by atoms with van der Waals surface area (Å²) in [7, 11) is 0. The minimum absolute atomic E-state index is 0.0952. The van der Waals surface area contributed by atoms with Crippen LogP contribution in [0.25, 0.3) is 0 Å². The maximum absolute atomic E-state index is 5.73. The van der Waals surface area contributed by atoms with Gasteiger partial charge in [-0.2, -0.15) is 0 Å². The number of anilines is 1. The van der Waals surface area contributed by atoms with Gasteiger partial charge in [0, 0.05) is 31.8 Å². The average molecular weight is 292 g/mol. The number of hydrogen-bond donors (Lipinski definition) is 1. The molecule has 2 rings (SSSR count). The topological polar surface area (TPSA) is 50.3 Å². The van der Waals surface area contributed by atoms with Crippen LogP contribution >= 0.6 is 0 Å². The molecule has 118 valence electrons. The van der Waals surface area contributed by atoms with Crippen LogP contribution < -0.4 is 10.2 Å². The molecule has 5 heteroatoms. The standard InChI is InChI=1S/C16H28N4O/c1-5-21-14-7-6-8-20(12-14)15-11-17-13(9-18-15)10-19-16(2,3)4/h9,11,14,19H,5-8,10,12H2,1-4H3. The quantitative estimate of drug-likeness (QED) is 0.903. The number of ether oxygens (including phenoxy) is 1. The van der Waals surface area contributed by atoms with Crippen LogP contribution in [0, 0.1) is 0 Å². The molecular weight excluding hydrogens is 264 g/mol. The van der Waals surface area contributed by atoms with Gasteiger partial charge in [-0.15, -0.1) is 0 Å². The Morgan fingerprint density at radius 2 is 2.14 bits per heavy atom. The lowest BCUT2D eigenvalue weighted by Gasteiger charge is -2.33. The van der Waals surface area contributed by atoms with E-state index in [9.17, 15) is 0 Å². The van der Waals surface area contributed by atoms with Crippen LogP contribution in [-0.4, -0.2) is 41.3 Å². The van der Waals surface area contributed by atoms with Gasteiger partial charge in [0.15, 0.2) is 0 Å². The Labute approximate surface area is 128 Å². The third kappa shape index (κ3) is 5.25. The lowest BCUT2D eigenvalue weighted by molar-refractivity contribution is 0.0525. The molecule has 1 aliphatic heterocycles. The van der Waals surface area contributed by atoms with Crippen molar-refractivity contribution in [1.29, 1.82) is 0 Å². The van der Waals surface area contributed by atoms with E-state index in [1.165, 1.54) is 0 Å². The zero-order valence-electron chi connectivity index (χ0n) is 13.7. The van der Waals surface area contributed by atoms with Gasteiger partial charge in [-0.05, 0) is 40.5 Å². The fourth-order valence-corrected chi connectivity index (χ4v) is 2.48. The first-order valence-electron chi connectivity index (χ1n) is 7.90. The highest BCUT2D eigenvalue weighted by Gasteiger charge is 2.21. The van der Waals surface area contributed by atoms with Crippen LogP contribution in [-0.2, 0) is 11.3 Å². The van der Waals surface area contributed by atoms with Gasteiger partial charge in [-0.1, -0.05) is 0 Å². The van der Waals surface area contributed by atoms with E-state index in [4.69, 9.17) is 4.74 Å². The van der Waals surface area contributed by atoms with E-state index in [2.05, 4.69) is 47.9 Å². The molecule has 1 saturated heterocycles. The lowest BCUT2D eigenvalue weighted by Crippen LogP contribution is -2.40. The van der Waals surface area contributed by atoms with Crippen molar-refractivity contribution in [1.82, 2.24) is 15.3 Å². The molecule has 1 aliphatic rings. The highest BCUT2D eigenvalue weighted by Crippen LogP contribution is 2.18. The van der Waals surface area contributed by atoms with E-state index < -0.39 is 0 Å². The van der Waals surface area contributed by atoms with Gasteiger partial charge in [-0.25, -0.2) is 4.98 Å². The summed E-state index contributed by atoms with van der Waals surface area (Å²) in [5.74, 6) is 0.957. The smallest absolute Gasteiger partial charge is 0.147 e. The first-order valence-corrected chi connectivity index (χ1v) is 7.90. The van der Waals surface area contributed by atoms with E-state index in [1.54, 1.807) is 0 Å². The van der Waals surface area contributed by atoms with Crippen molar-refractivity contribution in [3.63, 3.8) is 0 Å². The molecular formula is C16H28N4O. The predicted octanol–water partition coefficient (Wildman–Crippen LogP) is 2.37. The van der Waals surface area contributed by atoms with Gasteiger partial charge in [0.2, 0.25) is 0 Å². The van der Waals surface area contributed by atoms with E-state index in [0.717, 1.165) is 50.6 Å². The Morgan fingerprint density at radius 1 is 1.33 bits per heavy atom. The molecule has 1 atom stereocenters. The van der Waals surface area contributed by atoms with Crippen LogP contribution in [0.3, 0.4) is 0 Å². The molecule has 5 nitrogen and oxygen atoms in total. The van der Waals surface area contributed by atoms with Crippen molar-refractivity contribution in [3.8, 4) is 0 Å². The maximum atomic E-state index is 5.73. The molecule has 1 fully saturated rings. The van der Waals surface area contributed by atoms with Gasteiger partial charge >= 0.3 is 0 Å². The summed E-state index contributed by atoms with van der Waals surface area (Å²) in [6.07, 6.45) is 6.38. The molecule has 0 aromatic carbocycles. The second-order valence-electron chi connectivity index (χ2n) is 6.64. The largest absolute Gasteiger partial charge is 0.377 e. The Balaban J connectivity index is 1.92. The summed E-state index contributed by atoms with van der Waals surface area (Å²) >= 11 is 0. The number of piperidine rings is 1. The van der Waals surface area contributed by atoms with Gasteiger partial charge in [0.25, 0.3) is 0 Å². The van der Waals surface area contributed by atoms with E-state index >= 15 is 0 Å². The first-order chi connectivity index (χ1) is 9.98. The minimum atomic E-state index is 0.0952. The van der Waals surface area contributed by atoms with Crippen LogP contribution in [0.4, 0.5) is 5.82 Å². The molecule has 1 aromatic heterocycles. The molecule has 0 amide bonds. The van der Waals surface area contributed by atoms with E-state index in [0.29, 0.717) is 6.10 Å². The fraction of sp³-hybridized carbons (Fsp3) is 0.750. The first kappa shape index (κ1) is 16.2. The normalized spacial score (nSPS) is 19.8. The van der Waals surface area contributed by atoms with Crippen molar-refractivity contribution in [2.45, 2.75) is 58.7 Å². The van der Waals surface area contributed by atoms with Gasteiger partial charge in [0.05, 0.1) is 24.2 Å². The van der Waals surface area contributed by atoms with Crippen molar-refractivity contribution in [2.75, 3.05) is 24.6 Å². The second kappa shape index (κ2) is 7.18. The zero-order chi connectivity index (χ0) is 15.3. The Morgan fingerprint density at radius 3 is 2.76 bits per heavy atom. The van der Waals surface area contributed by atoms with Crippen molar-refractivity contribution in [3.05, 3.63) is 18.1 Å². The van der Waals surface area contributed by atoms with Gasteiger partial charge in [0.1, 0.15) is 5.82 Å². The number of nitrogens with one attached hydrogen (secondary N) is 1. The fourth-order valence-electron chi connectivity index (χ4n) is 2.48. The molecule has 0 bridgehead atoms. The number of aromatic nitrogens is 2. The summed E-state index contributed by atoms with van der Waals surface area (Å²) in [6.45, 7) is 12.0. The monoisotopic (exact) mass is 292 g/mol. The average Bonchev–Trinajstić information content (AvgIpc) is 2.46. The molecule has 0 saturated carbocycles. The van der Waals surface area contributed by atoms with Crippen molar-refractivity contribution < 1.29 is 4.74 Å². The van der Waals surface area contributed by atoms with Crippen LogP contribution in [0.1, 0.15) is 46.2 Å². The van der Waals surface area contributed by atoms with Crippen molar-refractivity contribution >= 4 is 5.82 Å². The minimum Gasteiger partial charge on any atom is -0.377 e. The van der Waals surface area contributed by atoms with Crippen LogP contribution in [0.15, 0.2) is 12.4 Å². The Kier molecular flexibility index (Phi) is 5.53. The molecule has 0 spiro atoms. The molecule has 2 heterocycles. The van der Waals surface area contributed by atoms with Gasteiger partial charge in [-0.3, -0.25) is 4.98 Å². The lowest BCUT2D eigenvalue weighted by atomic mass is 10.1. The molecule has 0 aliphatic carbocycles. The Hall–Kier alpha value is -1.20. The number of nitrogens with zero attached hydrogens (tertiary/aromatic N) is 3. The summed E-state index contributed by atoms with van der Waals surface area (Å²) < 4.78 is 5.73. The van der Waals surface area contributed by atoms with Crippen LogP contribution in [0.2, 0.25) is 0 Å². The highest BCUT2D eigenvalue weighted by molar-refractivity contribution is 5.36. The van der Waals surface area contributed by atoms with E-state index in [1.807, 2.05) is 12.4 Å². The summed E-state index contributed by atoms with van der Waals surface area (Å²) in [5, 5.41) is 3.42. The molecule has 1 N–H and O–H groups in total. The zero-order valence-corrected chi connectivity index (χ0v) is 13.7. The van der Waals surface area contributed by atoms with E-state index in [-0.39, 0.29) is 5.54 Å². The Bertz CT molecular complexity index is 425. The molecule has 21 heavy (non-hydrogen) atoms. The predicted molar refractivity (Wildman–Crippen MR) is 85.5 cm³/mol. The van der Waals surface area contributed by atoms with Crippen molar-refractivity contribution in [2.24, 2.45) is 0 Å². The summed E-state index contributed by atoms with van der Waals surface area (Å²) in [4.78, 5) is 11.4. The maximum Gasteiger partial charge on any atom is 0.147 e. The third-order valence-corrected chi connectivity index (χ3v) is 3.60. The summed E-state index contributed by atoms with van der Waals surface area (Å²) in [6, 6.07) is 0. The third-order valence-electron chi connectivity index (χ3n) is 3.60. The second-order valence-corrected chi connectivity index (χ2v) is 6.64.